The van der Waals surface area contributed by atoms with Gasteiger partial charge in [-0.2, -0.15) is 4.31 Å². The van der Waals surface area contributed by atoms with Gasteiger partial charge in [-0.15, -0.1) is 0 Å². The largest absolute Gasteiger partial charge is 0.496 e. The molecule has 0 saturated carbocycles. The minimum absolute atomic E-state index is 0.00222. The Morgan fingerprint density at radius 3 is 2.10 bits per heavy atom. The first-order valence-corrected chi connectivity index (χ1v) is 7.93. The van der Waals surface area contributed by atoms with E-state index in [4.69, 9.17) is 19.9 Å². The summed E-state index contributed by atoms with van der Waals surface area (Å²) in [7, 11) is 0.565. The van der Waals surface area contributed by atoms with E-state index in [0.29, 0.717) is 25.3 Å². The van der Waals surface area contributed by atoms with E-state index in [1.807, 2.05) is 0 Å². The van der Waals surface area contributed by atoms with Crippen molar-refractivity contribution >= 4 is 10.0 Å². The lowest BCUT2D eigenvalue weighted by Crippen LogP contribution is -2.32. The van der Waals surface area contributed by atoms with Crippen LogP contribution in [-0.4, -0.2) is 53.2 Å². The number of ether oxygens (including phenoxy) is 3. The molecule has 2 N–H and O–H groups in total. The minimum Gasteiger partial charge on any atom is -0.496 e. The van der Waals surface area contributed by atoms with Crippen molar-refractivity contribution in [2.75, 3.05) is 34.4 Å². The third-order valence-corrected chi connectivity index (χ3v) is 5.38. The first-order chi connectivity index (χ1) is 9.93. The molecule has 1 saturated heterocycles. The van der Waals surface area contributed by atoms with E-state index in [2.05, 4.69) is 0 Å². The topological polar surface area (TPSA) is 91.1 Å². The highest BCUT2D eigenvalue weighted by molar-refractivity contribution is 7.89. The zero-order valence-corrected chi connectivity index (χ0v) is 13.1. The Morgan fingerprint density at radius 1 is 1.14 bits per heavy atom. The number of hydrogen-bond acceptors (Lipinski definition) is 6. The van der Waals surface area contributed by atoms with Gasteiger partial charge in [0.05, 0.1) is 21.3 Å². The fourth-order valence-electron chi connectivity index (χ4n) is 2.33. The van der Waals surface area contributed by atoms with Crippen molar-refractivity contribution in [3.05, 3.63) is 12.1 Å². The Labute approximate surface area is 124 Å². The maximum absolute atomic E-state index is 12.8. The van der Waals surface area contributed by atoms with Crippen LogP contribution >= 0.6 is 0 Å². The van der Waals surface area contributed by atoms with Gasteiger partial charge < -0.3 is 19.9 Å². The van der Waals surface area contributed by atoms with Gasteiger partial charge in [0.15, 0.2) is 4.90 Å². The molecule has 1 aliphatic rings. The number of sulfonamides is 1. The standard InChI is InChI=1S/C13H20N2O5S/c1-18-10-6-11(19-2)13(12(7-10)20-3)21(16,17)15-5-4-9(14)8-15/h6-7,9H,4-5,8,14H2,1-3H3/t9-/m1/s1. The number of nitrogens with zero attached hydrogens (tertiary/aromatic N) is 1. The van der Waals surface area contributed by atoms with Crippen LogP contribution in [0.5, 0.6) is 17.2 Å². The Hall–Kier alpha value is -1.51. The molecule has 118 valence electrons. The lowest BCUT2D eigenvalue weighted by atomic mass is 10.3. The highest BCUT2D eigenvalue weighted by atomic mass is 32.2. The quantitative estimate of drug-likeness (QED) is 0.847. The number of rotatable bonds is 5. The molecule has 2 rings (SSSR count). The average molecular weight is 316 g/mol. The van der Waals surface area contributed by atoms with Gasteiger partial charge in [-0.3, -0.25) is 0 Å². The molecule has 1 atom stereocenters. The fourth-order valence-corrected chi connectivity index (χ4v) is 4.11. The lowest BCUT2D eigenvalue weighted by Gasteiger charge is -2.20. The summed E-state index contributed by atoms with van der Waals surface area (Å²) >= 11 is 0. The van der Waals surface area contributed by atoms with E-state index in [1.165, 1.54) is 37.8 Å². The highest BCUT2D eigenvalue weighted by Gasteiger charge is 2.35. The highest BCUT2D eigenvalue weighted by Crippen LogP contribution is 2.39. The summed E-state index contributed by atoms with van der Waals surface area (Å²) in [6.45, 7) is 0.683. The number of benzene rings is 1. The molecule has 0 unspecified atom stereocenters. The van der Waals surface area contributed by atoms with E-state index < -0.39 is 10.0 Å². The van der Waals surface area contributed by atoms with Gasteiger partial charge in [-0.1, -0.05) is 0 Å². The predicted molar refractivity (Wildman–Crippen MR) is 77.4 cm³/mol. The van der Waals surface area contributed by atoms with Crippen LogP contribution in [0.15, 0.2) is 17.0 Å². The summed E-state index contributed by atoms with van der Waals surface area (Å²) in [5.74, 6) is 0.833. The van der Waals surface area contributed by atoms with E-state index in [-0.39, 0.29) is 22.4 Å². The molecule has 1 aliphatic heterocycles. The minimum atomic E-state index is -3.73. The monoisotopic (exact) mass is 316 g/mol. The van der Waals surface area contributed by atoms with Gasteiger partial charge in [-0.05, 0) is 6.42 Å². The normalized spacial score (nSPS) is 19.5. The Bertz CT molecular complexity index is 592. The number of nitrogens with two attached hydrogens (primary N) is 1. The third-order valence-electron chi connectivity index (χ3n) is 3.46. The van der Waals surface area contributed by atoms with E-state index in [9.17, 15) is 8.42 Å². The van der Waals surface area contributed by atoms with Crippen molar-refractivity contribution < 1.29 is 22.6 Å². The van der Waals surface area contributed by atoms with Crippen LogP contribution < -0.4 is 19.9 Å². The predicted octanol–water partition coefficient (Wildman–Crippen LogP) is 0.434. The third kappa shape index (κ3) is 2.92. The average Bonchev–Trinajstić information content (AvgIpc) is 2.92. The summed E-state index contributed by atoms with van der Waals surface area (Å²) < 4.78 is 42.5. The van der Waals surface area contributed by atoms with E-state index >= 15 is 0 Å². The molecule has 1 aromatic carbocycles. The van der Waals surface area contributed by atoms with Crippen molar-refractivity contribution in [3.63, 3.8) is 0 Å². The molecular formula is C13H20N2O5S. The second kappa shape index (κ2) is 6.08. The summed E-state index contributed by atoms with van der Waals surface area (Å²) in [5.41, 5.74) is 5.80. The maximum Gasteiger partial charge on any atom is 0.250 e. The molecule has 1 aromatic rings. The lowest BCUT2D eigenvalue weighted by molar-refractivity contribution is 0.355. The van der Waals surface area contributed by atoms with Crippen LogP contribution in [0, 0.1) is 0 Å². The molecule has 1 fully saturated rings. The molecule has 0 radical (unpaired) electrons. The molecule has 0 bridgehead atoms. The van der Waals surface area contributed by atoms with Crippen molar-refractivity contribution in [1.29, 1.82) is 0 Å². The first-order valence-electron chi connectivity index (χ1n) is 6.49. The van der Waals surface area contributed by atoms with Crippen LogP contribution in [0.25, 0.3) is 0 Å². The molecule has 7 nitrogen and oxygen atoms in total. The van der Waals surface area contributed by atoms with Crippen LogP contribution in [0.3, 0.4) is 0 Å². The molecule has 0 amide bonds. The summed E-state index contributed by atoms with van der Waals surface area (Å²) in [5, 5.41) is 0. The summed E-state index contributed by atoms with van der Waals surface area (Å²) in [4.78, 5) is 0.00222. The number of methoxy groups -OCH3 is 3. The first kappa shape index (κ1) is 15.9. The van der Waals surface area contributed by atoms with Gasteiger partial charge >= 0.3 is 0 Å². The summed E-state index contributed by atoms with van der Waals surface area (Å²) in [6, 6.07) is 2.89. The van der Waals surface area contributed by atoms with Crippen LogP contribution in [-0.2, 0) is 10.0 Å². The second-order valence-electron chi connectivity index (χ2n) is 4.77. The van der Waals surface area contributed by atoms with Crippen molar-refractivity contribution in [1.82, 2.24) is 4.31 Å². The second-order valence-corrected chi connectivity index (χ2v) is 6.65. The molecule has 21 heavy (non-hydrogen) atoms. The molecule has 8 heteroatoms. The Kier molecular flexibility index (Phi) is 4.60. The van der Waals surface area contributed by atoms with Gasteiger partial charge in [-0.25, -0.2) is 8.42 Å². The van der Waals surface area contributed by atoms with E-state index in [1.54, 1.807) is 0 Å². The van der Waals surface area contributed by atoms with Gasteiger partial charge in [0, 0.05) is 31.3 Å². The smallest absolute Gasteiger partial charge is 0.250 e. The van der Waals surface area contributed by atoms with Crippen LogP contribution in [0.1, 0.15) is 6.42 Å². The van der Waals surface area contributed by atoms with Gasteiger partial charge in [0.25, 0.3) is 10.0 Å². The molecular weight excluding hydrogens is 296 g/mol. The Morgan fingerprint density at radius 2 is 1.71 bits per heavy atom. The van der Waals surface area contributed by atoms with Crippen molar-refractivity contribution in [2.24, 2.45) is 5.73 Å². The molecule has 0 spiro atoms. The summed E-state index contributed by atoms with van der Waals surface area (Å²) in [6.07, 6.45) is 0.639. The molecule has 1 heterocycles. The Balaban J connectivity index is 2.56. The van der Waals surface area contributed by atoms with Gasteiger partial charge in [0.2, 0.25) is 0 Å². The fraction of sp³-hybridized carbons (Fsp3) is 0.538. The van der Waals surface area contributed by atoms with Crippen LogP contribution in [0.4, 0.5) is 0 Å². The maximum atomic E-state index is 12.8. The molecule has 0 aromatic heterocycles. The van der Waals surface area contributed by atoms with Crippen molar-refractivity contribution in [2.45, 2.75) is 17.4 Å². The van der Waals surface area contributed by atoms with Crippen molar-refractivity contribution in [3.8, 4) is 17.2 Å². The number of hydrogen-bond donors (Lipinski definition) is 1. The van der Waals surface area contributed by atoms with E-state index in [0.717, 1.165) is 0 Å². The molecule has 0 aliphatic carbocycles. The van der Waals surface area contributed by atoms with Crippen LogP contribution in [0.2, 0.25) is 0 Å². The zero-order chi connectivity index (χ0) is 15.6. The zero-order valence-electron chi connectivity index (χ0n) is 12.3. The van der Waals surface area contributed by atoms with Gasteiger partial charge in [0.1, 0.15) is 17.2 Å². The SMILES string of the molecule is COc1cc(OC)c(S(=O)(=O)N2CC[C@@H](N)C2)c(OC)c1.